The standard InChI is InChI=1S/C14H19FN4/c1-4-16-13(8-11-9-19(3)18-17-11)12-7-5-6-10(2)14(12)15/h5-7,9,13,16H,4,8H2,1-3H3. The van der Waals surface area contributed by atoms with E-state index in [-0.39, 0.29) is 11.9 Å². The minimum absolute atomic E-state index is 0.0819. The summed E-state index contributed by atoms with van der Waals surface area (Å²) in [6.07, 6.45) is 2.49. The number of nitrogens with zero attached hydrogens (tertiary/aromatic N) is 3. The molecule has 0 fully saturated rings. The van der Waals surface area contributed by atoms with Crippen molar-refractivity contribution in [2.75, 3.05) is 6.54 Å². The Bertz CT molecular complexity index is 550. The van der Waals surface area contributed by atoms with Crippen LogP contribution in [0.15, 0.2) is 24.4 Å². The van der Waals surface area contributed by atoms with Crippen molar-refractivity contribution in [2.45, 2.75) is 26.3 Å². The Morgan fingerprint density at radius 2 is 2.21 bits per heavy atom. The van der Waals surface area contributed by atoms with Crippen LogP contribution in [0.2, 0.25) is 0 Å². The third kappa shape index (κ3) is 3.17. The molecule has 0 saturated carbocycles. The number of hydrogen-bond acceptors (Lipinski definition) is 3. The van der Waals surface area contributed by atoms with Gasteiger partial charge in [-0.25, -0.2) is 4.39 Å². The van der Waals surface area contributed by atoms with E-state index in [1.807, 2.05) is 32.3 Å². The highest BCUT2D eigenvalue weighted by Crippen LogP contribution is 2.22. The van der Waals surface area contributed by atoms with Crippen molar-refractivity contribution in [3.8, 4) is 0 Å². The van der Waals surface area contributed by atoms with Crippen LogP contribution in [0.5, 0.6) is 0 Å². The van der Waals surface area contributed by atoms with Crippen LogP contribution in [0.4, 0.5) is 4.39 Å². The molecule has 19 heavy (non-hydrogen) atoms. The fraction of sp³-hybridized carbons (Fsp3) is 0.429. The molecular weight excluding hydrogens is 243 g/mol. The zero-order chi connectivity index (χ0) is 13.8. The first-order valence-electron chi connectivity index (χ1n) is 6.45. The van der Waals surface area contributed by atoms with Crippen molar-refractivity contribution in [3.05, 3.63) is 47.0 Å². The molecule has 0 saturated heterocycles. The average Bonchev–Trinajstić information content (AvgIpc) is 2.78. The molecule has 0 aliphatic carbocycles. The van der Waals surface area contributed by atoms with Crippen molar-refractivity contribution < 1.29 is 4.39 Å². The molecule has 1 aromatic carbocycles. The van der Waals surface area contributed by atoms with E-state index in [2.05, 4.69) is 15.6 Å². The summed E-state index contributed by atoms with van der Waals surface area (Å²) in [4.78, 5) is 0. The van der Waals surface area contributed by atoms with E-state index in [4.69, 9.17) is 0 Å². The SMILES string of the molecule is CCNC(Cc1cn(C)nn1)c1cccc(C)c1F. The van der Waals surface area contributed by atoms with Gasteiger partial charge in [0.05, 0.1) is 5.69 Å². The third-order valence-electron chi connectivity index (χ3n) is 3.11. The number of benzene rings is 1. The molecule has 0 aliphatic rings. The molecule has 2 rings (SSSR count). The van der Waals surface area contributed by atoms with E-state index in [9.17, 15) is 4.39 Å². The van der Waals surface area contributed by atoms with Gasteiger partial charge in [-0.05, 0) is 19.0 Å². The molecule has 1 N–H and O–H groups in total. The normalized spacial score (nSPS) is 12.6. The van der Waals surface area contributed by atoms with Crippen molar-refractivity contribution >= 4 is 0 Å². The van der Waals surface area contributed by atoms with E-state index in [0.29, 0.717) is 17.5 Å². The molecule has 1 heterocycles. The minimum atomic E-state index is -0.141. The molecule has 1 aromatic heterocycles. The molecule has 0 bridgehead atoms. The molecule has 1 unspecified atom stereocenters. The highest BCUT2D eigenvalue weighted by molar-refractivity contribution is 5.28. The molecular formula is C14H19FN4. The van der Waals surface area contributed by atoms with E-state index < -0.39 is 0 Å². The largest absolute Gasteiger partial charge is 0.310 e. The first kappa shape index (κ1) is 13.7. The molecule has 1 atom stereocenters. The Labute approximate surface area is 112 Å². The van der Waals surface area contributed by atoms with Crippen molar-refractivity contribution in [1.82, 2.24) is 20.3 Å². The van der Waals surface area contributed by atoms with Gasteiger partial charge in [0.1, 0.15) is 5.82 Å². The van der Waals surface area contributed by atoms with Gasteiger partial charge in [-0.3, -0.25) is 4.68 Å². The maximum Gasteiger partial charge on any atom is 0.130 e. The summed E-state index contributed by atoms with van der Waals surface area (Å²) in [5.74, 6) is -0.141. The van der Waals surface area contributed by atoms with Crippen LogP contribution >= 0.6 is 0 Å². The zero-order valence-corrected chi connectivity index (χ0v) is 11.5. The van der Waals surface area contributed by atoms with Gasteiger partial charge in [0.15, 0.2) is 0 Å². The van der Waals surface area contributed by atoms with Gasteiger partial charge in [0, 0.05) is 31.3 Å². The van der Waals surface area contributed by atoms with Crippen molar-refractivity contribution in [1.29, 1.82) is 0 Å². The number of aromatic nitrogens is 3. The van der Waals surface area contributed by atoms with Gasteiger partial charge in [-0.2, -0.15) is 0 Å². The Hall–Kier alpha value is -1.75. The van der Waals surface area contributed by atoms with Crippen LogP contribution in [0.3, 0.4) is 0 Å². The molecule has 5 heteroatoms. The second-order valence-electron chi connectivity index (χ2n) is 4.68. The van der Waals surface area contributed by atoms with Gasteiger partial charge in [-0.1, -0.05) is 30.3 Å². The van der Waals surface area contributed by atoms with E-state index >= 15 is 0 Å². The predicted molar refractivity (Wildman–Crippen MR) is 72.3 cm³/mol. The highest BCUT2D eigenvalue weighted by Gasteiger charge is 2.17. The van der Waals surface area contributed by atoms with E-state index in [1.165, 1.54) is 0 Å². The lowest BCUT2D eigenvalue weighted by Gasteiger charge is -2.18. The van der Waals surface area contributed by atoms with E-state index in [0.717, 1.165) is 12.2 Å². The summed E-state index contributed by atoms with van der Waals surface area (Å²) < 4.78 is 15.9. The number of nitrogens with one attached hydrogen (secondary N) is 1. The number of rotatable bonds is 5. The Morgan fingerprint density at radius 3 is 2.84 bits per heavy atom. The summed E-state index contributed by atoms with van der Waals surface area (Å²) in [6, 6.07) is 5.41. The Morgan fingerprint density at radius 1 is 1.42 bits per heavy atom. The van der Waals surface area contributed by atoms with Crippen LogP contribution < -0.4 is 5.32 Å². The fourth-order valence-electron chi connectivity index (χ4n) is 2.18. The number of aryl methyl sites for hydroxylation is 2. The maximum atomic E-state index is 14.2. The molecule has 102 valence electrons. The van der Waals surface area contributed by atoms with Gasteiger partial charge >= 0.3 is 0 Å². The maximum absolute atomic E-state index is 14.2. The molecule has 0 spiro atoms. The first-order valence-corrected chi connectivity index (χ1v) is 6.45. The average molecular weight is 262 g/mol. The summed E-state index contributed by atoms with van der Waals surface area (Å²) in [6.45, 7) is 4.57. The van der Waals surface area contributed by atoms with Crippen molar-refractivity contribution in [3.63, 3.8) is 0 Å². The zero-order valence-electron chi connectivity index (χ0n) is 11.5. The fourth-order valence-corrected chi connectivity index (χ4v) is 2.18. The van der Waals surface area contributed by atoms with Crippen LogP contribution in [-0.4, -0.2) is 21.5 Å². The van der Waals surface area contributed by atoms with E-state index in [1.54, 1.807) is 17.7 Å². The summed E-state index contributed by atoms with van der Waals surface area (Å²) >= 11 is 0. The van der Waals surface area contributed by atoms with Gasteiger partial charge in [-0.15, -0.1) is 5.10 Å². The quantitative estimate of drug-likeness (QED) is 0.898. The van der Waals surface area contributed by atoms with Gasteiger partial charge in [0.2, 0.25) is 0 Å². The molecule has 4 nitrogen and oxygen atoms in total. The van der Waals surface area contributed by atoms with Crippen LogP contribution in [0.1, 0.15) is 29.8 Å². The summed E-state index contributed by atoms with van der Waals surface area (Å²) in [7, 11) is 1.83. The monoisotopic (exact) mass is 262 g/mol. The lowest BCUT2D eigenvalue weighted by Crippen LogP contribution is -2.24. The van der Waals surface area contributed by atoms with Crippen LogP contribution in [-0.2, 0) is 13.5 Å². The third-order valence-corrected chi connectivity index (χ3v) is 3.11. The first-order chi connectivity index (χ1) is 9.11. The topological polar surface area (TPSA) is 42.7 Å². The Kier molecular flexibility index (Phi) is 4.27. The molecule has 0 amide bonds. The van der Waals surface area contributed by atoms with Crippen LogP contribution in [0, 0.1) is 12.7 Å². The Balaban J connectivity index is 2.26. The summed E-state index contributed by atoms with van der Waals surface area (Å²) in [5.41, 5.74) is 2.21. The molecule has 0 radical (unpaired) electrons. The lowest BCUT2D eigenvalue weighted by atomic mass is 9.99. The smallest absolute Gasteiger partial charge is 0.130 e. The molecule has 2 aromatic rings. The number of hydrogen-bond donors (Lipinski definition) is 1. The minimum Gasteiger partial charge on any atom is -0.310 e. The highest BCUT2D eigenvalue weighted by atomic mass is 19.1. The van der Waals surface area contributed by atoms with Crippen molar-refractivity contribution in [2.24, 2.45) is 7.05 Å². The molecule has 0 aliphatic heterocycles. The number of likely N-dealkylation sites (N-methyl/N-ethyl adjacent to an activating group) is 1. The van der Waals surface area contributed by atoms with Crippen LogP contribution in [0.25, 0.3) is 0 Å². The predicted octanol–water partition coefficient (Wildman–Crippen LogP) is 2.16. The second-order valence-corrected chi connectivity index (χ2v) is 4.68. The number of halogens is 1. The van der Waals surface area contributed by atoms with Gasteiger partial charge in [0.25, 0.3) is 0 Å². The van der Waals surface area contributed by atoms with Gasteiger partial charge < -0.3 is 5.32 Å². The summed E-state index contributed by atoms with van der Waals surface area (Å²) in [5, 5.41) is 11.3. The second kappa shape index (κ2) is 5.93. The lowest BCUT2D eigenvalue weighted by molar-refractivity contribution is 0.503.